The van der Waals surface area contributed by atoms with Crippen LogP contribution >= 0.6 is 11.6 Å². The van der Waals surface area contributed by atoms with E-state index in [-0.39, 0.29) is 11.8 Å². The lowest BCUT2D eigenvalue weighted by Crippen LogP contribution is -2.46. The molecular formula is C18H25ClN2O2. The van der Waals surface area contributed by atoms with Crippen molar-refractivity contribution >= 4 is 23.4 Å². The first-order valence-corrected chi connectivity index (χ1v) is 8.13. The van der Waals surface area contributed by atoms with Gasteiger partial charge in [-0.3, -0.25) is 9.59 Å². The number of hydrogen-bond donors (Lipinski definition) is 2. The third kappa shape index (κ3) is 7.84. The third-order valence-corrected chi connectivity index (χ3v) is 3.39. The second-order valence-corrected chi connectivity index (χ2v) is 6.69. The van der Waals surface area contributed by atoms with Crippen LogP contribution in [0.4, 0.5) is 0 Å². The van der Waals surface area contributed by atoms with Gasteiger partial charge in [0.1, 0.15) is 6.04 Å². The highest BCUT2D eigenvalue weighted by Gasteiger charge is 2.20. The number of allylic oxidation sites excluding steroid dienone is 1. The average molecular weight is 337 g/mol. The molecule has 1 aromatic rings. The Morgan fingerprint density at radius 1 is 1.17 bits per heavy atom. The van der Waals surface area contributed by atoms with E-state index in [1.54, 1.807) is 12.1 Å². The van der Waals surface area contributed by atoms with Crippen LogP contribution in [0.1, 0.15) is 39.7 Å². The van der Waals surface area contributed by atoms with Crippen molar-refractivity contribution in [3.8, 4) is 0 Å². The summed E-state index contributed by atoms with van der Waals surface area (Å²) in [5.74, 6) is -0.116. The molecule has 4 nitrogen and oxygen atoms in total. The summed E-state index contributed by atoms with van der Waals surface area (Å²) in [5.41, 5.74) is 1.86. The molecule has 0 aliphatic rings. The van der Waals surface area contributed by atoms with E-state index in [0.29, 0.717) is 23.9 Å². The van der Waals surface area contributed by atoms with Crippen LogP contribution in [-0.2, 0) is 16.1 Å². The Kier molecular flexibility index (Phi) is 7.83. The minimum Gasteiger partial charge on any atom is -0.350 e. The summed E-state index contributed by atoms with van der Waals surface area (Å²) in [4.78, 5) is 24.2. The van der Waals surface area contributed by atoms with Gasteiger partial charge in [0.25, 0.3) is 0 Å². The van der Waals surface area contributed by atoms with Crippen LogP contribution in [0.2, 0.25) is 5.02 Å². The molecule has 0 aromatic heterocycles. The summed E-state index contributed by atoms with van der Waals surface area (Å²) in [6.45, 7) is 8.14. The maximum Gasteiger partial charge on any atom is 0.244 e. The molecule has 0 saturated carbocycles. The first-order valence-electron chi connectivity index (χ1n) is 7.75. The molecule has 23 heavy (non-hydrogen) atoms. The maximum absolute atomic E-state index is 12.4. The van der Waals surface area contributed by atoms with Crippen molar-refractivity contribution in [3.05, 3.63) is 46.5 Å². The Morgan fingerprint density at radius 3 is 2.30 bits per heavy atom. The first kappa shape index (κ1) is 19.2. The van der Waals surface area contributed by atoms with Crippen molar-refractivity contribution in [1.82, 2.24) is 10.6 Å². The lowest BCUT2D eigenvalue weighted by molar-refractivity contribution is -0.127. The van der Waals surface area contributed by atoms with Gasteiger partial charge in [0.15, 0.2) is 0 Å². The molecule has 0 bridgehead atoms. The van der Waals surface area contributed by atoms with E-state index in [1.165, 1.54) is 6.08 Å². The fourth-order valence-corrected chi connectivity index (χ4v) is 2.22. The molecule has 126 valence electrons. The quantitative estimate of drug-likeness (QED) is 0.749. The molecule has 0 aliphatic heterocycles. The lowest BCUT2D eigenvalue weighted by Gasteiger charge is -2.19. The maximum atomic E-state index is 12.4. The van der Waals surface area contributed by atoms with Crippen molar-refractivity contribution in [3.63, 3.8) is 0 Å². The number of amides is 2. The molecule has 5 heteroatoms. The fourth-order valence-electron chi connectivity index (χ4n) is 2.09. The zero-order chi connectivity index (χ0) is 17.4. The molecule has 0 fully saturated rings. The third-order valence-electron chi connectivity index (χ3n) is 3.14. The first-order chi connectivity index (χ1) is 10.8. The number of benzene rings is 1. The average Bonchev–Trinajstić information content (AvgIpc) is 2.44. The van der Waals surface area contributed by atoms with Gasteiger partial charge in [-0.1, -0.05) is 43.2 Å². The van der Waals surface area contributed by atoms with Gasteiger partial charge in [-0.25, -0.2) is 0 Å². The minimum atomic E-state index is -0.537. The van der Waals surface area contributed by atoms with Crippen molar-refractivity contribution in [2.45, 2.75) is 46.7 Å². The molecule has 1 atom stereocenters. The summed E-state index contributed by atoms with van der Waals surface area (Å²) in [5, 5.41) is 6.30. The summed E-state index contributed by atoms with van der Waals surface area (Å²) in [6, 6.07) is 6.76. The largest absolute Gasteiger partial charge is 0.350 e. The van der Waals surface area contributed by atoms with Crippen LogP contribution in [0.5, 0.6) is 0 Å². The van der Waals surface area contributed by atoms with Crippen LogP contribution in [0, 0.1) is 5.92 Å². The summed E-state index contributed by atoms with van der Waals surface area (Å²) >= 11 is 5.84. The molecule has 0 heterocycles. The lowest BCUT2D eigenvalue weighted by atomic mass is 10.0. The molecule has 1 rings (SSSR count). The van der Waals surface area contributed by atoms with Crippen LogP contribution in [0.3, 0.4) is 0 Å². The molecule has 0 saturated heterocycles. The van der Waals surface area contributed by atoms with E-state index < -0.39 is 6.04 Å². The van der Waals surface area contributed by atoms with Gasteiger partial charge in [0.05, 0.1) is 0 Å². The Hall–Kier alpha value is -1.81. The number of halogens is 1. The van der Waals surface area contributed by atoms with Gasteiger partial charge in [0, 0.05) is 17.6 Å². The van der Waals surface area contributed by atoms with E-state index in [1.807, 2.05) is 39.8 Å². The molecule has 0 radical (unpaired) electrons. The highest BCUT2D eigenvalue weighted by Crippen LogP contribution is 2.10. The number of nitrogens with one attached hydrogen (secondary N) is 2. The van der Waals surface area contributed by atoms with Gasteiger partial charge in [-0.05, 0) is 43.9 Å². The van der Waals surface area contributed by atoms with Crippen LogP contribution in [0.25, 0.3) is 0 Å². The second-order valence-electron chi connectivity index (χ2n) is 6.26. The number of carbonyl (C=O) groups is 2. The van der Waals surface area contributed by atoms with Crippen LogP contribution in [-0.4, -0.2) is 17.9 Å². The highest BCUT2D eigenvalue weighted by atomic mass is 35.5. The molecule has 0 aliphatic carbocycles. The summed E-state index contributed by atoms with van der Waals surface area (Å²) < 4.78 is 0. The number of carbonyl (C=O) groups excluding carboxylic acids is 2. The minimum absolute atomic E-state index is 0.177. The van der Waals surface area contributed by atoms with Crippen molar-refractivity contribution < 1.29 is 9.59 Å². The molecule has 1 aromatic carbocycles. The van der Waals surface area contributed by atoms with Crippen molar-refractivity contribution in [1.29, 1.82) is 0 Å². The van der Waals surface area contributed by atoms with Crippen LogP contribution < -0.4 is 10.6 Å². The molecule has 2 amide bonds. The molecule has 0 spiro atoms. The van der Waals surface area contributed by atoms with E-state index in [9.17, 15) is 9.59 Å². The Balaban J connectivity index is 2.65. The van der Waals surface area contributed by atoms with Gasteiger partial charge in [-0.2, -0.15) is 0 Å². The van der Waals surface area contributed by atoms with E-state index in [2.05, 4.69) is 10.6 Å². The highest BCUT2D eigenvalue weighted by molar-refractivity contribution is 6.30. The number of rotatable bonds is 7. The van der Waals surface area contributed by atoms with Gasteiger partial charge >= 0.3 is 0 Å². The topological polar surface area (TPSA) is 58.2 Å². The smallest absolute Gasteiger partial charge is 0.244 e. The Morgan fingerprint density at radius 2 is 1.78 bits per heavy atom. The normalized spacial score (nSPS) is 11.7. The van der Waals surface area contributed by atoms with E-state index >= 15 is 0 Å². The van der Waals surface area contributed by atoms with Gasteiger partial charge in [0.2, 0.25) is 11.8 Å². The Labute approximate surface area is 143 Å². The zero-order valence-corrected chi connectivity index (χ0v) is 14.9. The van der Waals surface area contributed by atoms with Gasteiger partial charge < -0.3 is 10.6 Å². The van der Waals surface area contributed by atoms with E-state index in [4.69, 9.17) is 11.6 Å². The Bertz CT molecular complexity index is 561. The second kappa shape index (κ2) is 9.36. The van der Waals surface area contributed by atoms with E-state index in [0.717, 1.165) is 11.1 Å². The standard InChI is InChI=1S/C18H25ClN2O2/c1-12(2)9-16(21-17(22)10-13(3)4)18(23)20-11-14-5-7-15(19)8-6-14/h5-8,10,12,16H,9,11H2,1-4H3,(H,20,23)(H,21,22). The number of hydrogen-bond acceptors (Lipinski definition) is 2. The predicted molar refractivity (Wildman–Crippen MR) is 94.1 cm³/mol. The summed E-state index contributed by atoms with van der Waals surface area (Å²) in [7, 11) is 0. The van der Waals surface area contributed by atoms with Crippen molar-refractivity contribution in [2.24, 2.45) is 5.92 Å². The molecule has 1 unspecified atom stereocenters. The molecular weight excluding hydrogens is 312 g/mol. The van der Waals surface area contributed by atoms with Crippen molar-refractivity contribution in [2.75, 3.05) is 0 Å². The summed E-state index contributed by atoms with van der Waals surface area (Å²) in [6.07, 6.45) is 2.09. The van der Waals surface area contributed by atoms with Crippen LogP contribution in [0.15, 0.2) is 35.9 Å². The SMILES string of the molecule is CC(C)=CC(=O)NC(CC(C)C)C(=O)NCc1ccc(Cl)cc1. The monoisotopic (exact) mass is 336 g/mol. The molecule has 2 N–H and O–H groups in total. The zero-order valence-electron chi connectivity index (χ0n) is 14.2. The van der Waals surface area contributed by atoms with Gasteiger partial charge in [-0.15, -0.1) is 0 Å². The fraction of sp³-hybridized carbons (Fsp3) is 0.444. The predicted octanol–water partition coefficient (Wildman–Crippen LogP) is 3.45.